The smallest absolute Gasteiger partial charge is 0.410 e. The second kappa shape index (κ2) is 13.2. The van der Waals surface area contributed by atoms with Crippen molar-refractivity contribution in [3.05, 3.63) is 48.2 Å². The molecule has 11 nitrogen and oxygen atoms in total. The van der Waals surface area contributed by atoms with Crippen LogP contribution in [0.3, 0.4) is 0 Å². The minimum Gasteiger partial charge on any atom is -0.468 e. The average Bonchev–Trinajstić information content (AvgIpc) is 3.72. The third kappa shape index (κ3) is 6.23. The summed E-state index contributed by atoms with van der Waals surface area (Å²) in [5.41, 5.74) is -1.09. The van der Waals surface area contributed by atoms with Gasteiger partial charge in [0.2, 0.25) is 0 Å². The summed E-state index contributed by atoms with van der Waals surface area (Å²) in [6, 6.07) is 7.47. The van der Waals surface area contributed by atoms with E-state index in [1.54, 1.807) is 18.2 Å². The molecule has 4 aliphatic rings. The van der Waals surface area contributed by atoms with Gasteiger partial charge < -0.3 is 23.8 Å². The van der Waals surface area contributed by atoms with Gasteiger partial charge in [-0.3, -0.25) is 14.8 Å². The van der Waals surface area contributed by atoms with Crippen LogP contribution in [0, 0.1) is 11.6 Å². The molecule has 52 heavy (non-hydrogen) atoms. The zero-order valence-corrected chi connectivity index (χ0v) is 29.8. The molecule has 276 valence electrons. The lowest BCUT2D eigenvalue weighted by Gasteiger charge is -2.42. The third-order valence-corrected chi connectivity index (χ3v) is 10.8. The van der Waals surface area contributed by atoms with Crippen LogP contribution in [0.25, 0.3) is 32.9 Å². The van der Waals surface area contributed by atoms with E-state index in [1.807, 2.05) is 30.6 Å². The number of piperazine rings is 1. The Kier molecular flexibility index (Phi) is 8.80. The van der Waals surface area contributed by atoms with E-state index in [2.05, 4.69) is 14.9 Å². The molecule has 0 saturated carbocycles. The molecule has 4 fully saturated rings. The number of nitrogens with zero attached hydrogens (tertiary/aromatic N) is 6. The Morgan fingerprint density at radius 2 is 1.85 bits per heavy atom. The van der Waals surface area contributed by atoms with E-state index < -0.39 is 28.9 Å². The number of anilines is 1. The molecule has 8 rings (SSSR count). The van der Waals surface area contributed by atoms with E-state index in [0.717, 1.165) is 32.2 Å². The molecule has 0 aliphatic carbocycles. The summed E-state index contributed by atoms with van der Waals surface area (Å²) >= 11 is 0. The number of pyridine rings is 1. The Morgan fingerprint density at radius 1 is 1.06 bits per heavy atom. The van der Waals surface area contributed by atoms with Crippen molar-refractivity contribution in [2.45, 2.75) is 82.3 Å². The fourth-order valence-corrected chi connectivity index (χ4v) is 8.60. The molecule has 2 unspecified atom stereocenters. The fraction of sp³-hybridized carbons (Fsp3) is 0.526. The van der Waals surface area contributed by atoms with Crippen molar-refractivity contribution in [2.24, 2.45) is 0 Å². The van der Waals surface area contributed by atoms with Crippen LogP contribution in [0.5, 0.6) is 11.8 Å². The third-order valence-electron chi connectivity index (χ3n) is 10.8. The van der Waals surface area contributed by atoms with Gasteiger partial charge in [-0.15, -0.1) is 0 Å². The Labute approximate surface area is 300 Å². The molecule has 6 heterocycles. The Balaban J connectivity index is 1.22. The van der Waals surface area contributed by atoms with Gasteiger partial charge in [-0.1, -0.05) is 12.1 Å². The van der Waals surface area contributed by atoms with Crippen LogP contribution >= 0.6 is 0 Å². The van der Waals surface area contributed by atoms with Crippen LogP contribution in [-0.4, -0.2) is 107 Å². The number of hydrogen-bond donors (Lipinski definition) is 0. The highest BCUT2D eigenvalue weighted by atomic mass is 19.1. The van der Waals surface area contributed by atoms with Gasteiger partial charge in [0.1, 0.15) is 47.0 Å². The number of hydrogen-bond acceptors (Lipinski definition) is 10. The number of ether oxygens (including phenoxy) is 4. The molecule has 4 saturated heterocycles. The van der Waals surface area contributed by atoms with Gasteiger partial charge in [-0.05, 0) is 76.6 Å². The minimum atomic E-state index is -0.946. The van der Waals surface area contributed by atoms with E-state index in [9.17, 15) is 9.18 Å². The van der Waals surface area contributed by atoms with Crippen molar-refractivity contribution < 1.29 is 36.9 Å². The van der Waals surface area contributed by atoms with E-state index in [1.165, 1.54) is 25.4 Å². The first-order valence-corrected chi connectivity index (χ1v) is 17.9. The summed E-state index contributed by atoms with van der Waals surface area (Å²) in [5.74, 6) is -0.548. The van der Waals surface area contributed by atoms with Gasteiger partial charge in [0.25, 0.3) is 0 Å². The molecular weight excluding hydrogens is 677 g/mol. The van der Waals surface area contributed by atoms with Crippen LogP contribution in [0.2, 0.25) is 0 Å². The number of benzene rings is 2. The molecule has 0 spiro atoms. The highest BCUT2D eigenvalue weighted by Gasteiger charge is 2.50. The maximum atomic E-state index is 17.1. The van der Waals surface area contributed by atoms with Crippen molar-refractivity contribution in [3.8, 4) is 23.0 Å². The lowest BCUT2D eigenvalue weighted by molar-refractivity contribution is 0.0122. The Hall–Kier alpha value is -4.43. The number of fused-ring (bicyclic) bond motifs is 5. The molecule has 0 N–H and O–H groups in total. The number of rotatable bonds is 8. The van der Waals surface area contributed by atoms with Crippen molar-refractivity contribution in [3.63, 3.8) is 0 Å². The second-order valence-corrected chi connectivity index (χ2v) is 15.4. The summed E-state index contributed by atoms with van der Waals surface area (Å²) < 4.78 is 69.9. The summed E-state index contributed by atoms with van der Waals surface area (Å²) in [4.78, 5) is 33.2. The highest BCUT2D eigenvalue weighted by molar-refractivity contribution is 6.00. The Bertz CT molecular complexity index is 2020. The van der Waals surface area contributed by atoms with Gasteiger partial charge >= 0.3 is 12.1 Å². The summed E-state index contributed by atoms with van der Waals surface area (Å²) in [6.45, 7) is 7.65. The first-order chi connectivity index (χ1) is 24.9. The minimum absolute atomic E-state index is 0.0442. The Morgan fingerprint density at radius 3 is 2.60 bits per heavy atom. The van der Waals surface area contributed by atoms with Crippen LogP contribution in [0.4, 0.5) is 23.8 Å². The molecule has 4 atom stereocenters. The van der Waals surface area contributed by atoms with Gasteiger partial charge in [0.15, 0.2) is 12.6 Å². The molecule has 2 aromatic carbocycles. The molecule has 4 aliphatic heterocycles. The number of carbonyl (C=O) groups is 1. The quantitative estimate of drug-likeness (QED) is 0.184. The monoisotopic (exact) mass is 720 g/mol. The number of halogens is 3. The molecule has 14 heteroatoms. The van der Waals surface area contributed by atoms with E-state index >= 15 is 8.78 Å². The summed E-state index contributed by atoms with van der Waals surface area (Å²) in [7, 11) is 1.48. The topological polar surface area (TPSA) is 102 Å². The van der Waals surface area contributed by atoms with Crippen molar-refractivity contribution in [2.75, 3.05) is 51.6 Å². The van der Waals surface area contributed by atoms with E-state index in [0.29, 0.717) is 48.4 Å². The zero-order chi connectivity index (χ0) is 36.4. The largest absolute Gasteiger partial charge is 0.468 e. The number of methoxy groups -OCH3 is 1. The SMILES string of the molecule is COCOc1cc(-c2ncc3c(N4CC5CCC(C4)N5C(=O)OC(C)(C)C)nc(OC[C@@]45CCCN4C[C@H](F)C5)nc3c2F)c2c(F)cccc2c1. The zero-order valence-electron chi connectivity index (χ0n) is 29.8. The maximum Gasteiger partial charge on any atom is 0.410 e. The molecule has 1 amide bonds. The number of amides is 1. The molecule has 2 bridgehead atoms. The van der Waals surface area contributed by atoms with Crippen LogP contribution in [0.15, 0.2) is 36.5 Å². The number of aromatic nitrogens is 3. The van der Waals surface area contributed by atoms with E-state index in [4.69, 9.17) is 23.9 Å². The molecular formula is C38H43F3N6O5. The van der Waals surface area contributed by atoms with Gasteiger partial charge in [0, 0.05) is 50.3 Å². The first kappa shape index (κ1) is 34.6. The average molecular weight is 721 g/mol. The molecule has 2 aromatic heterocycles. The summed E-state index contributed by atoms with van der Waals surface area (Å²) in [6.07, 6.45) is 3.85. The van der Waals surface area contributed by atoms with Crippen molar-refractivity contribution in [1.82, 2.24) is 24.8 Å². The van der Waals surface area contributed by atoms with Crippen molar-refractivity contribution in [1.29, 1.82) is 0 Å². The van der Waals surface area contributed by atoms with Crippen LogP contribution in [-0.2, 0) is 9.47 Å². The van der Waals surface area contributed by atoms with Gasteiger partial charge in [-0.25, -0.2) is 18.0 Å². The maximum absolute atomic E-state index is 17.1. The number of carbonyl (C=O) groups excluding carboxylic acids is 1. The predicted molar refractivity (Wildman–Crippen MR) is 188 cm³/mol. The summed E-state index contributed by atoms with van der Waals surface area (Å²) in [5, 5.41) is 1.03. The fourth-order valence-electron chi connectivity index (χ4n) is 8.60. The standard InChI is InChI=1S/C38H43F3N6O5/c1-37(2,3)52-36(48)47-24-9-10-25(47)19-45(18-24)34-28-16-42-32(27-14-26(51-21-49-4)13-22-7-5-8-29(40)30(22)27)31(41)33(28)43-35(44-34)50-20-38-11-6-12-46(38)17-23(39)15-38/h5,7-8,13-14,16,23-25H,6,9-12,15,17-21H2,1-4H3/t23-,24?,25?,38+/m1/s1. The first-order valence-electron chi connectivity index (χ1n) is 17.9. The highest BCUT2D eigenvalue weighted by Crippen LogP contribution is 2.42. The second-order valence-electron chi connectivity index (χ2n) is 15.4. The van der Waals surface area contributed by atoms with Crippen LogP contribution in [0.1, 0.15) is 52.9 Å². The van der Waals surface area contributed by atoms with Crippen LogP contribution < -0.4 is 14.4 Å². The number of alkyl halides is 1. The van der Waals surface area contributed by atoms with E-state index in [-0.39, 0.29) is 59.7 Å². The molecule has 4 aromatic rings. The molecule has 0 radical (unpaired) electrons. The lowest BCUT2D eigenvalue weighted by Crippen LogP contribution is -2.57. The predicted octanol–water partition coefficient (Wildman–Crippen LogP) is 6.65. The lowest BCUT2D eigenvalue weighted by atomic mass is 9.95. The normalized spacial score (nSPS) is 24.6. The van der Waals surface area contributed by atoms with Gasteiger partial charge in [0.05, 0.1) is 23.0 Å². The van der Waals surface area contributed by atoms with Gasteiger partial charge in [-0.2, -0.15) is 9.97 Å². The van der Waals surface area contributed by atoms with Crippen molar-refractivity contribution >= 4 is 33.6 Å².